The number of aromatic amines is 1. The molecular formula is C17H24N2. The summed E-state index contributed by atoms with van der Waals surface area (Å²) in [6, 6.07) is 9.40. The first-order valence-corrected chi connectivity index (χ1v) is 7.72. The molecule has 0 radical (unpaired) electrons. The van der Waals surface area contributed by atoms with Crippen molar-refractivity contribution in [2.45, 2.75) is 51.0 Å². The van der Waals surface area contributed by atoms with E-state index >= 15 is 0 Å². The van der Waals surface area contributed by atoms with Gasteiger partial charge in [0.05, 0.1) is 0 Å². The van der Waals surface area contributed by atoms with Crippen LogP contribution in [0, 0.1) is 0 Å². The lowest BCUT2D eigenvalue weighted by Gasteiger charge is -2.11. The Balaban J connectivity index is 1.42. The fourth-order valence-corrected chi connectivity index (χ4v) is 3.22. The van der Waals surface area contributed by atoms with Gasteiger partial charge in [0.25, 0.3) is 0 Å². The summed E-state index contributed by atoms with van der Waals surface area (Å²) >= 11 is 0. The molecule has 1 aromatic heterocycles. The summed E-state index contributed by atoms with van der Waals surface area (Å²) in [5, 5.41) is 5.09. The maximum atomic E-state index is 3.69. The average molecular weight is 256 g/mol. The monoisotopic (exact) mass is 256 g/mol. The summed E-state index contributed by atoms with van der Waals surface area (Å²) in [6.07, 6.45) is 11.6. The molecule has 0 saturated heterocycles. The van der Waals surface area contributed by atoms with Crippen molar-refractivity contribution in [3.8, 4) is 0 Å². The second-order valence-corrected chi connectivity index (χ2v) is 5.75. The smallest absolute Gasteiger partial charge is 0.0456 e. The van der Waals surface area contributed by atoms with Crippen LogP contribution in [0.15, 0.2) is 30.5 Å². The minimum absolute atomic E-state index is 0.813. The average Bonchev–Trinajstić information content (AvgIpc) is 3.08. The Morgan fingerprint density at radius 2 is 1.95 bits per heavy atom. The van der Waals surface area contributed by atoms with E-state index in [9.17, 15) is 0 Å². The number of benzene rings is 1. The van der Waals surface area contributed by atoms with Crippen molar-refractivity contribution in [2.24, 2.45) is 0 Å². The summed E-state index contributed by atoms with van der Waals surface area (Å²) in [7, 11) is 0. The second-order valence-electron chi connectivity index (χ2n) is 5.75. The molecule has 2 aromatic rings. The van der Waals surface area contributed by atoms with Crippen molar-refractivity contribution in [3.63, 3.8) is 0 Å². The molecule has 2 N–H and O–H groups in total. The number of hydrogen-bond acceptors (Lipinski definition) is 1. The van der Waals surface area contributed by atoms with E-state index in [0.717, 1.165) is 6.04 Å². The summed E-state index contributed by atoms with van der Waals surface area (Å²) in [5.74, 6) is 0. The number of hydrogen-bond donors (Lipinski definition) is 2. The van der Waals surface area contributed by atoms with E-state index in [1.807, 2.05) is 0 Å². The molecule has 2 nitrogen and oxygen atoms in total. The lowest BCUT2D eigenvalue weighted by molar-refractivity contribution is 0.508. The number of nitrogens with one attached hydrogen (secondary N) is 2. The molecule has 2 heteroatoms. The predicted octanol–water partition coefficient (Wildman–Crippen LogP) is 4.02. The largest absolute Gasteiger partial charge is 0.361 e. The zero-order valence-electron chi connectivity index (χ0n) is 11.6. The first-order valence-electron chi connectivity index (χ1n) is 7.72. The van der Waals surface area contributed by atoms with Crippen LogP contribution >= 0.6 is 0 Å². The fourth-order valence-electron chi connectivity index (χ4n) is 3.22. The van der Waals surface area contributed by atoms with Crippen molar-refractivity contribution < 1.29 is 0 Å². The van der Waals surface area contributed by atoms with Gasteiger partial charge in [-0.05, 0) is 50.3 Å². The summed E-state index contributed by atoms with van der Waals surface area (Å²) in [6.45, 7) is 1.19. The van der Waals surface area contributed by atoms with Crippen molar-refractivity contribution in [1.82, 2.24) is 10.3 Å². The zero-order valence-corrected chi connectivity index (χ0v) is 11.6. The number of unbranched alkanes of at least 4 members (excludes halogenated alkanes) is 1. The molecule has 0 bridgehead atoms. The number of H-pyrrole nitrogens is 1. The van der Waals surface area contributed by atoms with Crippen LogP contribution in [-0.2, 0) is 6.42 Å². The van der Waals surface area contributed by atoms with E-state index in [-0.39, 0.29) is 0 Å². The van der Waals surface area contributed by atoms with Gasteiger partial charge in [-0.3, -0.25) is 0 Å². The van der Waals surface area contributed by atoms with Gasteiger partial charge in [-0.15, -0.1) is 0 Å². The van der Waals surface area contributed by atoms with Crippen molar-refractivity contribution in [1.29, 1.82) is 0 Å². The Bertz CT molecular complexity index is 509. The molecule has 0 unspecified atom stereocenters. The van der Waals surface area contributed by atoms with Crippen LogP contribution in [0.5, 0.6) is 0 Å². The molecular weight excluding hydrogens is 232 g/mol. The van der Waals surface area contributed by atoms with Gasteiger partial charge < -0.3 is 10.3 Å². The first-order chi connectivity index (χ1) is 9.43. The highest BCUT2D eigenvalue weighted by Gasteiger charge is 2.13. The van der Waals surface area contributed by atoms with Crippen molar-refractivity contribution in [2.75, 3.05) is 6.54 Å². The Labute approximate surface area is 115 Å². The summed E-state index contributed by atoms with van der Waals surface area (Å²) < 4.78 is 0. The Hall–Kier alpha value is -1.28. The van der Waals surface area contributed by atoms with Gasteiger partial charge in [0.2, 0.25) is 0 Å². The minimum Gasteiger partial charge on any atom is -0.361 e. The van der Waals surface area contributed by atoms with Gasteiger partial charge in [0.15, 0.2) is 0 Å². The Kier molecular flexibility index (Phi) is 4.19. The normalized spacial score (nSPS) is 16.4. The number of para-hydroxylation sites is 1. The van der Waals surface area contributed by atoms with Gasteiger partial charge in [-0.25, -0.2) is 0 Å². The van der Waals surface area contributed by atoms with Crippen LogP contribution in [0.1, 0.15) is 44.1 Å². The highest BCUT2D eigenvalue weighted by molar-refractivity contribution is 5.82. The predicted molar refractivity (Wildman–Crippen MR) is 81.5 cm³/mol. The molecule has 0 amide bonds. The van der Waals surface area contributed by atoms with Gasteiger partial charge in [0.1, 0.15) is 0 Å². The quantitative estimate of drug-likeness (QED) is 0.751. The topological polar surface area (TPSA) is 27.8 Å². The van der Waals surface area contributed by atoms with E-state index < -0.39 is 0 Å². The summed E-state index contributed by atoms with van der Waals surface area (Å²) in [5.41, 5.74) is 2.73. The second kappa shape index (κ2) is 6.25. The molecule has 1 aliphatic carbocycles. The highest BCUT2D eigenvalue weighted by Crippen LogP contribution is 2.20. The molecule has 1 fully saturated rings. The van der Waals surface area contributed by atoms with Crippen LogP contribution in [0.25, 0.3) is 10.9 Å². The van der Waals surface area contributed by atoms with E-state index in [0.29, 0.717) is 0 Å². The summed E-state index contributed by atoms with van der Waals surface area (Å²) in [4.78, 5) is 3.36. The van der Waals surface area contributed by atoms with Crippen molar-refractivity contribution >= 4 is 10.9 Å². The van der Waals surface area contributed by atoms with E-state index in [1.165, 1.54) is 68.0 Å². The van der Waals surface area contributed by atoms with Crippen LogP contribution in [0.2, 0.25) is 0 Å². The van der Waals surface area contributed by atoms with Crippen LogP contribution < -0.4 is 5.32 Å². The molecule has 1 heterocycles. The standard InChI is InChI=1S/C17H24N2/c1-2-9-15(8-1)18-12-6-5-7-14-13-19-17-11-4-3-10-16(14)17/h3-4,10-11,13,15,18-19H,1-2,5-9,12H2. The maximum Gasteiger partial charge on any atom is 0.0456 e. The molecule has 0 aliphatic heterocycles. The molecule has 1 saturated carbocycles. The number of aryl methyl sites for hydroxylation is 1. The van der Waals surface area contributed by atoms with Gasteiger partial charge >= 0.3 is 0 Å². The lowest BCUT2D eigenvalue weighted by Crippen LogP contribution is -2.26. The molecule has 0 spiro atoms. The fraction of sp³-hybridized carbons (Fsp3) is 0.529. The molecule has 1 aliphatic rings. The first kappa shape index (κ1) is 12.7. The highest BCUT2D eigenvalue weighted by atomic mass is 14.9. The molecule has 102 valence electrons. The SMILES string of the molecule is c1ccc2c(CCCCNC3CCCC3)c[nH]c2c1. The van der Waals surface area contributed by atoms with Gasteiger partial charge in [-0.1, -0.05) is 31.0 Å². The third-order valence-corrected chi connectivity index (χ3v) is 4.34. The third-order valence-electron chi connectivity index (χ3n) is 4.34. The van der Waals surface area contributed by atoms with E-state index in [1.54, 1.807) is 0 Å². The van der Waals surface area contributed by atoms with E-state index in [2.05, 4.69) is 40.8 Å². The number of rotatable bonds is 6. The van der Waals surface area contributed by atoms with Crippen molar-refractivity contribution in [3.05, 3.63) is 36.0 Å². The Morgan fingerprint density at radius 3 is 2.84 bits per heavy atom. The molecule has 0 atom stereocenters. The van der Waals surface area contributed by atoms with Crippen LogP contribution in [-0.4, -0.2) is 17.6 Å². The van der Waals surface area contributed by atoms with Crippen LogP contribution in [0.3, 0.4) is 0 Å². The minimum atomic E-state index is 0.813. The molecule has 1 aromatic carbocycles. The number of aromatic nitrogens is 1. The Morgan fingerprint density at radius 1 is 1.11 bits per heavy atom. The van der Waals surface area contributed by atoms with E-state index in [4.69, 9.17) is 0 Å². The number of fused-ring (bicyclic) bond motifs is 1. The molecule has 3 rings (SSSR count). The zero-order chi connectivity index (χ0) is 12.9. The third kappa shape index (κ3) is 3.19. The maximum absolute atomic E-state index is 3.69. The lowest BCUT2D eigenvalue weighted by atomic mass is 10.1. The molecule has 19 heavy (non-hydrogen) atoms. The van der Waals surface area contributed by atoms with Gasteiger partial charge in [-0.2, -0.15) is 0 Å². The van der Waals surface area contributed by atoms with Gasteiger partial charge in [0, 0.05) is 23.1 Å². The van der Waals surface area contributed by atoms with Crippen LogP contribution in [0.4, 0.5) is 0 Å².